The van der Waals surface area contributed by atoms with Crippen molar-refractivity contribution < 1.29 is 9.59 Å². The number of hydrogen-bond acceptors (Lipinski definition) is 3. The zero-order valence-electron chi connectivity index (χ0n) is 14.3. The molecule has 1 aromatic carbocycles. The maximum atomic E-state index is 13.4. The summed E-state index contributed by atoms with van der Waals surface area (Å²) in [7, 11) is 1.80. The summed E-state index contributed by atoms with van der Waals surface area (Å²) in [6.07, 6.45) is 4.60. The molecule has 2 atom stereocenters. The van der Waals surface area contributed by atoms with Crippen LogP contribution in [0.3, 0.4) is 0 Å². The van der Waals surface area contributed by atoms with Gasteiger partial charge in [-0.25, -0.2) is 0 Å². The number of aromatic nitrogens is 2. The maximum Gasteiger partial charge on any atom is 0.232 e. The molecule has 2 aromatic rings. The first-order valence-corrected chi connectivity index (χ1v) is 8.81. The molecule has 1 fully saturated rings. The summed E-state index contributed by atoms with van der Waals surface area (Å²) in [6.45, 7) is 0.709. The fraction of sp³-hybridized carbons (Fsp3) is 0.421. The summed E-state index contributed by atoms with van der Waals surface area (Å²) < 4.78 is 0. The van der Waals surface area contributed by atoms with Crippen LogP contribution in [0.1, 0.15) is 36.6 Å². The minimum atomic E-state index is -0.231. The van der Waals surface area contributed by atoms with Crippen molar-refractivity contribution in [3.05, 3.63) is 47.8 Å². The van der Waals surface area contributed by atoms with Crippen molar-refractivity contribution in [1.29, 1.82) is 0 Å². The van der Waals surface area contributed by atoms with Gasteiger partial charge < -0.3 is 9.80 Å². The molecule has 130 valence electrons. The number of H-pyrrole nitrogens is 1. The van der Waals surface area contributed by atoms with Gasteiger partial charge in [-0.1, -0.05) is 30.3 Å². The number of carbonyl (C=O) groups is 2. The van der Waals surface area contributed by atoms with E-state index in [1.165, 1.54) is 0 Å². The van der Waals surface area contributed by atoms with E-state index >= 15 is 0 Å². The van der Waals surface area contributed by atoms with E-state index in [0.717, 1.165) is 29.8 Å². The van der Waals surface area contributed by atoms with Gasteiger partial charge in [0.2, 0.25) is 11.8 Å². The number of piperidine rings is 1. The van der Waals surface area contributed by atoms with Gasteiger partial charge in [0.05, 0.1) is 29.5 Å². The second-order valence-corrected chi connectivity index (χ2v) is 6.83. The van der Waals surface area contributed by atoms with Gasteiger partial charge in [0.25, 0.3) is 0 Å². The Hall–Kier alpha value is -2.63. The van der Waals surface area contributed by atoms with Crippen molar-refractivity contribution in [3.63, 3.8) is 0 Å². The molecule has 4 rings (SSSR count). The van der Waals surface area contributed by atoms with Crippen molar-refractivity contribution in [2.45, 2.75) is 31.7 Å². The summed E-state index contributed by atoms with van der Waals surface area (Å²) in [5, 5.41) is 7.10. The van der Waals surface area contributed by atoms with Gasteiger partial charge in [0.15, 0.2) is 0 Å². The number of anilines is 1. The topological polar surface area (TPSA) is 69.3 Å². The number of benzene rings is 1. The highest BCUT2D eigenvalue weighted by atomic mass is 16.2. The molecule has 0 radical (unpaired) electrons. The third-order valence-electron chi connectivity index (χ3n) is 5.38. The zero-order chi connectivity index (χ0) is 17.4. The first-order chi connectivity index (χ1) is 12.2. The van der Waals surface area contributed by atoms with Crippen molar-refractivity contribution in [2.24, 2.45) is 5.92 Å². The molecule has 1 saturated heterocycles. The van der Waals surface area contributed by atoms with Crippen LogP contribution < -0.4 is 4.90 Å². The largest absolute Gasteiger partial charge is 0.338 e. The Morgan fingerprint density at radius 2 is 2.04 bits per heavy atom. The van der Waals surface area contributed by atoms with E-state index in [-0.39, 0.29) is 23.8 Å². The molecule has 6 nitrogen and oxygen atoms in total. The van der Waals surface area contributed by atoms with Crippen LogP contribution >= 0.6 is 0 Å². The molecule has 0 bridgehead atoms. The van der Waals surface area contributed by atoms with Crippen LogP contribution in [-0.4, -0.2) is 40.5 Å². The standard InChI is InChI=1S/C19H22N4O2/c1-22-17(24)10-9-14(18(22)13-6-3-2-4-7-13)19(25)23-11-5-8-15-16(23)12-20-21-15/h2-4,6-7,12,14,18H,5,8-11H2,1H3,(H,20,21)/t14-,18-/m1/s1. The van der Waals surface area contributed by atoms with E-state index in [4.69, 9.17) is 0 Å². The van der Waals surface area contributed by atoms with Gasteiger partial charge in [-0.2, -0.15) is 5.10 Å². The summed E-state index contributed by atoms with van der Waals surface area (Å²) in [5.41, 5.74) is 2.93. The second-order valence-electron chi connectivity index (χ2n) is 6.83. The van der Waals surface area contributed by atoms with Crippen molar-refractivity contribution >= 4 is 17.5 Å². The van der Waals surface area contributed by atoms with Crippen LogP contribution in [0.2, 0.25) is 0 Å². The number of nitrogens with zero attached hydrogens (tertiary/aromatic N) is 3. The van der Waals surface area contributed by atoms with E-state index in [9.17, 15) is 9.59 Å². The number of carbonyl (C=O) groups excluding carboxylic acids is 2. The third kappa shape index (κ3) is 2.71. The fourth-order valence-corrected chi connectivity index (χ4v) is 4.09. The van der Waals surface area contributed by atoms with Crippen LogP contribution in [0.5, 0.6) is 0 Å². The molecule has 3 heterocycles. The SMILES string of the molecule is CN1C(=O)CC[C@@H](C(=O)N2CCCc3[nH]ncc32)[C@H]1c1ccccc1. The first kappa shape index (κ1) is 15.9. The predicted octanol–water partition coefficient (Wildman–Crippen LogP) is 2.30. The van der Waals surface area contributed by atoms with E-state index in [1.807, 2.05) is 35.2 Å². The van der Waals surface area contributed by atoms with E-state index in [2.05, 4.69) is 10.2 Å². The minimum absolute atomic E-state index is 0.0931. The van der Waals surface area contributed by atoms with Crippen LogP contribution in [0, 0.1) is 5.92 Å². The summed E-state index contributed by atoms with van der Waals surface area (Å²) in [5.74, 6) is -0.0398. The van der Waals surface area contributed by atoms with E-state index in [0.29, 0.717) is 19.4 Å². The van der Waals surface area contributed by atoms with Crippen molar-refractivity contribution in [2.75, 3.05) is 18.5 Å². The number of likely N-dealkylation sites (tertiary alicyclic amines) is 1. The highest BCUT2D eigenvalue weighted by molar-refractivity contribution is 5.97. The summed E-state index contributed by atoms with van der Waals surface area (Å²) in [6, 6.07) is 9.65. The Morgan fingerprint density at radius 1 is 1.24 bits per heavy atom. The van der Waals surface area contributed by atoms with Gasteiger partial charge >= 0.3 is 0 Å². The number of rotatable bonds is 2. The Bertz CT molecular complexity index is 786. The maximum absolute atomic E-state index is 13.4. The Balaban J connectivity index is 1.68. The lowest BCUT2D eigenvalue weighted by molar-refractivity contribution is -0.140. The quantitative estimate of drug-likeness (QED) is 0.913. The van der Waals surface area contributed by atoms with Crippen LogP contribution in [0.15, 0.2) is 36.5 Å². The number of aryl methyl sites for hydroxylation is 1. The third-order valence-corrected chi connectivity index (χ3v) is 5.38. The minimum Gasteiger partial charge on any atom is -0.338 e. The number of amides is 2. The van der Waals surface area contributed by atoms with Crippen molar-refractivity contribution in [1.82, 2.24) is 15.1 Å². The number of nitrogens with one attached hydrogen (secondary N) is 1. The monoisotopic (exact) mass is 338 g/mol. The second kappa shape index (κ2) is 6.35. The molecule has 1 aromatic heterocycles. The molecule has 2 aliphatic rings. The average molecular weight is 338 g/mol. The molecule has 0 saturated carbocycles. The molecule has 0 spiro atoms. The molecular formula is C19H22N4O2. The normalized spacial score (nSPS) is 23.5. The van der Waals surface area contributed by atoms with Crippen molar-refractivity contribution in [3.8, 4) is 0 Å². The van der Waals surface area contributed by atoms with Crippen LogP contribution in [0.4, 0.5) is 5.69 Å². The van der Waals surface area contributed by atoms with Gasteiger partial charge in [-0.05, 0) is 24.8 Å². The molecule has 2 amide bonds. The zero-order valence-corrected chi connectivity index (χ0v) is 14.3. The van der Waals surface area contributed by atoms with Crippen LogP contribution in [-0.2, 0) is 16.0 Å². The first-order valence-electron chi connectivity index (χ1n) is 8.81. The lowest BCUT2D eigenvalue weighted by Gasteiger charge is -2.41. The number of aromatic amines is 1. The highest BCUT2D eigenvalue weighted by Crippen LogP contribution is 2.38. The van der Waals surface area contributed by atoms with Gasteiger partial charge in [-0.15, -0.1) is 0 Å². The summed E-state index contributed by atoms with van der Waals surface area (Å²) >= 11 is 0. The number of fused-ring (bicyclic) bond motifs is 1. The molecule has 25 heavy (non-hydrogen) atoms. The van der Waals surface area contributed by atoms with Gasteiger partial charge in [-0.3, -0.25) is 14.7 Å². The number of hydrogen-bond donors (Lipinski definition) is 1. The van der Waals surface area contributed by atoms with Gasteiger partial charge in [0, 0.05) is 20.0 Å². The molecular weight excluding hydrogens is 316 g/mol. The highest BCUT2D eigenvalue weighted by Gasteiger charge is 2.41. The smallest absolute Gasteiger partial charge is 0.232 e. The average Bonchev–Trinajstić information content (AvgIpc) is 3.12. The van der Waals surface area contributed by atoms with E-state index in [1.54, 1.807) is 18.1 Å². The van der Waals surface area contributed by atoms with Crippen LogP contribution in [0.25, 0.3) is 0 Å². The molecule has 6 heteroatoms. The lowest BCUT2D eigenvalue weighted by atomic mass is 9.83. The predicted molar refractivity (Wildman–Crippen MR) is 93.9 cm³/mol. The Kier molecular flexibility index (Phi) is 4.03. The van der Waals surface area contributed by atoms with Gasteiger partial charge in [0.1, 0.15) is 0 Å². The summed E-state index contributed by atoms with van der Waals surface area (Å²) in [4.78, 5) is 29.3. The lowest BCUT2D eigenvalue weighted by Crippen LogP contribution is -2.48. The van der Waals surface area contributed by atoms with E-state index < -0.39 is 0 Å². The molecule has 0 unspecified atom stereocenters. The Labute approximate surface area is 146 Å². The molecule has 0 aliphatic carbocycles. The fourth-order valence-electron chi connectivity index (χ4n) is 4.09. The molecule has 1 N–H and O–H groups in total. The Morgan fingerprint density at radius 3 is 2.84 bits per heavy atom. The molecule has 2 aliphatic heterocycles.